The van der Waals surface area contributed by atoms with Gasteiger partial charge in [-0.25, -0.2) is 0 Å². The van der Waals surface area contributed by atoms with Gasteiger partial charge in [0, 0.05) is 4.88 Å². The van der Waals surface area contributed by atoms with Gasteiger partial charge in [-0.15, -0.1) is 11.3 Å². The molecule has 1 heterocycles. The average molecular weight is 262 g/mol. The summed E-state index contributed by atoms with van der Waals surface area (Å²) in [6, 6.07) is 9.52. The Morgan fingerprint density at radius 1 is 1.06 bits per heavy atom. The van der Waals surface area contributed by atoms with Gasteiger partial charge in [-0.05, 0) is 42.8 Å². The number of Topliss-reactive ketones (excluding diaryl/α,β-unsaturated/α-hetero) is 1. The second-order valence-electron chi connectivity index (χ2n) is 3.79. The van der Waals surface area contributed by atoms with Crippen LogP contribution in [0.1, 0.15) is 16.6 Å². The molecule has 0 amide bonds. The number of ether oxygens (including phenoxy) is 2. The van der Waals surface area contributed by atoms with Crippen LogP contribution in [0.2, 0.25) is 0 Å². The number of carbonyl (C=O) groups excluding carboxylic acids is 1. The Labute approximate surface area is 110 Å². The lowest BCUT2D eigenvalue weighted by molar-refractivity contribution is 0.102. The van der Waals surface area contributed by atoms with Crippen molar-refractivity contribution in [3.63, 3.8) is 0 Å². The van der Waals surface area contributed by atoms with E-state index in [0.717, 1.165) is 15.3 Å². The highest BCUT2D eigenvalue weighted by atomic mass is 32.1. The molecule has 18 heavy (non-hydrogen) atoms. The summed E-state index contributed by atoms with van der Waals surface area (Å²) in [5.74, 6) is 1.48. The van der Waals surface area contributed by atoms with Crippen molar-refractivity contribution in [3.05, 3.63) is 35.2 Å². The Hall–Kier alpha value is -1.81. The van der Waals surface area contributed by atoms with E-state index >= 15 is 0 Å². The third-order valence-corrected chi connectivity index (χ3v) is 3.86. The van der Waals surface area contributed by atoms with Gasteiger partial charge in [0.1, 0.15) is 0 Å². The maximum Gasteiger partial charge on any atom is 0.169 e. The Kier molecular flexibility index (Phi) is 3.67. The molecule has 94 valence electrons. The van der Waals surface area contributed by atoms with Gasteiger partial charge in [0.25, 0.3) is 0 Å². The van der Waals surface area contributed by atoms with Crippen molar-refractivity contribution >= 4 is 17.1 Å². The van der Waals surface area contributed by atoms with E-state index in [1.165, 1.54) is 11.3 Å². The summed E-state index contributed by atoms with van der Waals surface area (Å²) in [5, 5.41) is 0. The fourth-order valence-electron chi connectivity index (χ4n) is 1.67. The first-order valence-electron chi connectivity index (χ1n) is 5.49. The van der Waals surface area contributed by atoms with E-state index in [4.69, 9.17) is 9.47 Å². The van der Waals surface area contributed by atoms with Crippen LogP contribution in [0, 0.1) is 0 Å². The zero-order valence-corrected chi connectivity index (χ0v) is 11.3. The lowest BCUT2D eigenvalue weighted by Crippen LogP contribution is -1.90. The Bertz CT molecular complexity index is 572. The van der Waals surface area contributed by atoms with Gasteiger partial charge in [0.2, 0.25) is 0 Å². The van der Waals surface area contributed by atoms with E-state index in [-0.39, 0.29) is 5.78 Å². The fourth-order valence-corrected chi connectivity index (χ4v) is 2.57. The number of thiophene rings is 1. The van der Waals surface area contributed by atoms with E-state index < -0.39 is 0 Å². The topological polar surface area (TPSA) is 35.5 Å². The standard InChI is InChI=1S/C14H14O3S/c1-9(15)13-6-7-14(18-13)10-4-5-11(16-2)12(8-10)17-3/h4-8H,1-3H3. The molecule has 4 heteroatoms. The Morgan fingerprint density at radius 3 is 2.33 bits per heavy atom. The molecule has 0 aliphatic heterocycles. The Balaban J connectivity index is 2.41. The molecule has 0 spiro atoms. The van der Waals surface area contributed by atoms with E-state index in [9.17, 15) is 4.79 Å². The third kappa shape index (κ3) is 2.38. The summed E-state index contributed by atoms with van der Waals surface area (Å²) in [7, 11) is 3.22. The molecule has 0 N–H and O–H groups in total. The van der Waals surface area contributed by atoms with E-state index in [0.29, 0.717) is 11.5 Å². The van der Waals surface area contributed by atoms with Crippen LogP contribution < -0.4 is 9.47 Å². The van der Waals surface area contributed by atoms with Gasteiger partial charge in [-0.2, -0.15) is 0 Å². The number of hydrogen-bond donors (Lipinski definition) is 0. The monoisotopic (exact) mass is 262 g/mol. The molecule has 2 rings (SSSR count). The molecule has 0 saturated heterocycles. The van der Waals surface area contributed by atoms with Gasteiger partial charge >= 0.3 is 0 Å². The smallest absolute Gasteiger partial charge is 0.169 e. The van der Waals surface area contributed by atoms with E-state index in [1.54, 1.807) is 21.1 Å². The molecule has 0 fully saturated rings. The second-order valence-corrected chi connectivity index (χ2v) is 4.87. The van der Waals surface area contributed by atoms with Crippen molar-refractivity contribution in [1.29, 1.82) is 0 Å². The molecule has 0 unspecified atom stereocenters. The first-order valence-corrected chi connectivity index (χ1v) is 6.30. The normalized spacial score (nSPS) is 10.2. The van der Waals surface area contributed by atoms with Crippen molar-refractivity contribution in [1.82, 2.24) is 0 Å². The molecule has 2 aromatic rings. The van der Waals surface area contributed by atoms with Crippen molar-refractivity contribution in [2.75, 3.05) is 14.2 Å². The highest BCUT2D eigenvalue weighted by Gasteiger charge is 2.09. The molecular weight excluding hydrogens is 248 g/mol. The van der Waals surface area contributed by atoms with Crippen LogP contribution in [0.15, 0.2) is 30.3 Å². The fraction of sp³-hybridized carbons (Fsp3) is 0.214. The minimum absolute atomic E-state index is 0.0896. The van der Waals surface area contributed by atoms with Gasteiger partial charge in [-0.1, -0.05) is 0 Å². The third-order valence-electron chi connectivity index (χ3n) is 2.62. The minimum atomic E-state index is 0.0896. The summed E-state index contributed by atoms with van der Waals surface area (Å²) in [5.41, 5.74) is 1.02. The summed E-state index contributed by atoms with van der Waals surface area (Å²) >= 11 is 1.48. The van der Waals surface area contributed by atoms with Gasteiger partial charge in [-0.3, -0.25) is 4.79 Å². The maximum absolute atomic E-state index is 11.3. The zero-order valence-electron chi connectivity index (χ0n) is 10.5. The highest BCUT2D eigenvalue weighted by molar-refractivity contribution is 7.17. The van der Waals surface area contributed by atoms with Crippen LogP contribution >= 0.6 is 11.3 Å². The minimum Gasteiger partial charge on any atom is -0.493 e. The first-order chi connectivity index (χ1) is 8.65. The molecule has 0 aliphatic rings. The number of hydrogen-bond acceptors (Lipinski definition) is 4. The number of carbonyl (C=O) groups is 1. The molecule has 3 nitrogen and oxygen atoms in total. The molecule has 0 bridgehead atoms. The average Bonchev–Trinajstić information content (AvgIpc) is 2.87. The predicted molar refractivity (Wildman–Crippen MR) is 72.9 cm³/mol. The van der Waals surface area contributed by atoms with Crippen LogP contribution in [0.3, 0.4) is 0 Å². The van der Waals surface area contributed by atoms with Crippen molar-refractivity contribution in [3.8, 4) is 21.9 Å². The number of ketones is 1. The van der Waals surface area contributed by atoms with Crippen LogP contribution in [0.25, 0.3) is 10.4 Å². The summed E-state index contributed by atoms with van der Waals surface area (Å²) in [6.07, 6.45) is 0. The molecule has 1 aromatic heterocycles. The first kappa shape index (κ1) is 12.6. The maximum atomic E-state index is 11.3. The van der Waals surface area contributed by atoms with E-state index in [1.807, 2.05) is 30.3 Å². The molecule has 0 aliphatic carbocycles. The zero-order chi connectivity index (χ0) is 13.1. The predicted octanol–water partition coefficient (Wildman–Crippen LogP) is 3.63. The van der Waals surface area contributed by atoms with Crippen LogP contribution in [-0.2, 0) is 0 Å². The largest absolute Gasteiger partial charge is 0.493 e. The Morgan fingerprint density at radius 2 is 1.78 bits per heavy atom. The van der Waals surface area contributed by atoms with Crippen molar-refractivity contribution in [2.24, 2.45) is 0 Å². The van der Waals surface area contributed by atoms with Crippen LogP contribution in [0.4, 0.5) is 0 Å². The van der Waals surface area contributed by atoms with Crippen molar-refractivity contribution in [2.45, 2.75) is 6.92 Å². The number of methoxy groups -OCH3 is 2. The molecular formula is C14H14O3S. The van der Waals surface area contributed by atoms with Crippen LogP contribution in [-0.4, -0.2) is 20.0 Å². The summed E-state index contributed by atoms with van der Waals surface area (Å²) in [4.78, 5) is 13.1. The summed E-state index contributed by atoms with van der Waals surface area (Å²) in [6.45, 7) is 1.57. The van der Waals surface area contributed by atoms with Crippen molar-refractivity contribution < 1.29 is 14.3 Å². The van der Waals surface area contributed by atoms with Gasteiger partial charge in [0.15, 0.2) is 17.3 Å². The SMILES string of the molecule is COc1ccc(-c2ccc(C(C)=O)s2)cc1OC. The number of benzene rings is 1. The quantitative estimate of drug-likeness (QED) is 0.789. The second kappa shape index (κ2) is 5.23. The summed E-state index contributed by atoms with van der Waals surface area (Å²) < 4.78 is 10.5. The lowest BCUT2D eigenvalue weighted by Gasteiger charge is -2.08. The molecule has 0 radical (unpaired) electrons. The highest BCUT2D eigenvalue weighted by Crippen LogP contribution is 2.35. The molecule has 0 saturated carbocycles. The van der Waals surface area contributed by atoms with Crippen LogP contribution in [0.5, 0.6) is 11.5 Å². The molecule has 0 atom stereocenters. The van der Waals surface area contributed by atoms with Gasteiger partial charge in [0.05, 0.1) is 19.1 Å². The van der Waals surface area contributed by atoms with Gasteiger partial charge < -0.3 is 9.47 Å². The lowest BCUT2D eigenvalue weighted by atomic mass is 10.1. The number of rotatable bonds is 4. The van der Waals surface area contributed by atoms with E-state index in [2.05, 4.69) is 0 Å². The molecule has 1 aromatic carbocycles.